The van der Waals surface area contributed by atoms with Crippen LogP contribution in [-0.4, -0.2) is 35.9 Å². The van der Waals surface area contributed by atoms with E-state index in [1.807, 2.05) is 31.2 Å². The summed E-state index contributed by atoms with van der Waals surface area (Å²) < 4.78 is 11.1. The van der Waals surface area contributed by atoms with E-state index in [2.05, 4.69) is 6.92 Å². The first-order chi connectivity index (χ1) is 8.76. The molecule has 1 aromatic rings. The summed E-state index contributed by atoms with van der Waals surface area (Å²) in [5, 5.41) is 9.15. The lowest BCUT2D eigenvalue weighted by atomic mass is 10.3. The van der Waals surface area contributed by atoms with Crippen molar-refractivity contribution < 1.29 is 14.6 Å². The highest BCUT2D eigenvalue weighted by Crippen LogP contribution is 2.18. The van der Waals surface area contributed by atoms with Gasteiger partial charge in [0.25, 0.3) is 0 Å². The Bertz CT molecular complexity index is 313. The SMILES string of the molecule is CCCOc1ccc(OCCSC(C)CO)cc1. The van der Waals surface area contributed by atoms with Gasteiger partial charge < -0.3 is 14.6 Å². The van der Waals surface area contributed by atoms with Crippen LogP contribution in [0.15, 0.2) is 24.3 Å². The predicted molar refractivity (Wildman–Crippen MR) is 76.7 cm³/mol. The third-order valence-corrected chi connectivity index (χ3v) is 3.43. The molecule has 102 valence electrons. The normalized spacial score (nSPS) is 12.2. The molecule has 0 saturated carbocycles. The molecule has 0 aromatic heterocycles. The van der Waals surface area contributed by atoms with Crippen LogP contribution in [0, 0.1) is 0 Å². The molecule has 3 nitrogen and oxygen atoms in total. The van der Waals surface area contributed by atoms with E-state index in [4.69, 9.17) is 14.6 Å². The minimum Gasteiger partial charge on any atom is -0.494 e. The summed E-state index contributed by atoms with van der Waals surface area (Å²) in [4.78, 5) is 0. The molecule has 0 aliphatic carbocycles. The lowest BCUT2D eigenvalue weighted by Gasteiger charge is -2.10. The number of ether oxygens (including phenoxy) is 2. The number of hydrogen-bond acceptors (Lipinski definition) is 4. The number of aliphatic hydroxyl groups is 1. The molecule has 18 heavy (non-hydrogen) atoms. The Balaban J connectivity index is 2.22. The van der Waals surface area contributed by atoms with Crippen molar-refractivity contribution >= 4 is 11.8 Å². The molecule has 0 aliphatic heterocycles. The maximum atomic E-state index is 8.88. The maximum Gasteiger partial charge on any atom is 0.119 e. The maximum absolute atomic E-state index is 8.88. The van der Waals surface area contributed by atoms with Crippen LogP contribution in [0.2, 0.25) is 0 Å². The van der Waals surface area contributed by atoms with Gasteiger partial charge in [0.15, 0.2) is 0 Å². The van der Waals surface area contributed by atoms with Gasteiger partial charge in [-0.15, -0.1) is 0 Å². The van der Waals surface area contributed by atoms with E-state index in [1.54, 1.807) is 11.8 Å². The molecule has 0 aliphatic rings. The van der Waals surface area contributed by atoms with Gasteiger partial charge in [-0.05, 0) is 30.7 Å². The van der Waals surface area contributed by atoms with Gasteiger partial charge in [0.2, 0.25) is 0 Å². The van der Waals surface area contributed by atoms with Gasteiger partial charge in [-0.2, -0.15) is 11.8 Å². The van der Waals surface area contributed by atoms with Gasteiger partial charge in [0, 0.05) is 11.0 Å². The number of rotatable bonds is 9. The van der Waals surface area contributed by atoms with Crippen LogP contribution in [-0.2, 0) is 0 Å². The highest BCUT2D eigenvalue weighted by molar-refractivity contribution is 7.99. The highest BCUT2D eigenvalue weighted by Gasteiger charge is 2.00. The molecule has 0 amide bonds. The van der Waals surface area contributed by atoms with Crippen LogP contribution < -0.4 is 9.47 Å². The van der Waals surface area contributed by atoms with E-state index in [0.717, 1.165) is 30.3 Å². The van der Waals surface area contributed by atoms with Gasteiger partial charge in [0.1, 0.15) is 11.5 Å². The summed E-state index contributed by atoms with van der Waals surface area (Å²) in [6.07, 6.45) is 1.01. The second-order valence-corrected chi connectivity index (χ2v) is 5.58. The first kappa shape index (κ1) is 15.2. The Kier molecular flexibility index (Phi) is 7.69. The molecule has 0 heterocycles. The van der Waals surface area contributed by atoms with Crippen LogP contribution in [0.1, 0.15) is 20.3 Å². The fourth-order valence-corrected chi connectivity index (χ4v) is 2.00. The minimum absolute atomic E-state index is 0.216. The summed E-state index contributed by atoms with van der Waals surface area (Å²) in [5.41, 5.74) is 0. The first-order valence-corrected chi connectivity index (χ1v) is 7.39. The Morgan fingerprint density at radius 1 is 1.11 bits per heavy atom. The molecule has 1 rings (SSSR count). The zero-order valence-electron chi connectivity index (χ0n) is 11.1. The quantitative estimate of drug-likeness (QED) is 0.700. The number of hydrogen-bond donors (Lipinski definition) is 1. The van der Waals surface area contributed by atoms with Gasteiger partial charge >= 0.3 is 0 Å². The van der Waals surface area contributed by atoms with Crippen molar-refractivity contribution in [1.82, 2.24) is 0 Å². The fraction of sp³-hybridized carbons (Fsp3) is 0.571. The Morgan fingerprint density at radius 2 is 1.67 bits per heavy atom. The number of aliphatic hydroxyl groups excluding tert-OH is 1. The second kappa shape index (κ2) is 9.11. The molecular weight excluding hydrogens is 248 g/mol. The predicted octanol–water partition coefficient (Wildman–Crippen LogP) is 2.97. The van der Waals surface area contributed by atoms with E-state index in [-0.39, 0.29) is 11.9 Å². The lowest BCUT2D eigenvalue weighted by Crippen LogP contribution is -2.07. The standard InChI is InChI=1S/C14H22O3S/c1-3-8-16-13-4-6-14(7-5-13)17-9-10-18-12(2)11-15/h4-7,12,15H,3,8-11H2,1-2H3. The smallest absolute Gasteiger partial charge is 0.119 e. The van der Waals surface area contributed by atoms with Crippen molar-refractivity contribution in [2.75, 3.05) is 25.6 Å². The van der Waals surface area contributed by atoms with Crippen molar-refractivity contribution in [3.05, 3.63) is 24.3 Å². The molecule has 1 unspecified atom stereocenters. The van der Waals surface area contributed by atoms with E-state index in [1.165, 1.54) is 0 Å². The summed E-state index contributed by atoms with van der Waals surface area (Å²) in [6, 6.07) is 7.69. The van der Waals surface area contributed by atoms with Crippen LogP contribution in [0.3, 0.4) is 0 Å². The number of benzene rings is 1. The molecule has 0 radical (unpaired) electrons. The highest BCUT2D eigenvalue weighted by atomic mass is 32.2. The van der Waals surface area contributed by atoms with E-state index < -0.39 is 0 Å². The second-order valence-electron chi connectivity index (χ2n) is 4.03. The monoisotopic (exact) mass is 270 g/mol. The molecule has 1 aromatic carbocycles. The Labute approximate surface area is 113 Å². The largest absolute Gasteiger partial charge is 0.494 e. The molecule has 0 fully saturated rings. The average molecular weight is 270 g/mol. The summed E-state index contributed by atoms with van der Waals surface area (Å²) in [6.45, 7) is 5.71. The average Bonchev–Trinajstić information content (AvgIpc) is 2.42. The Morgan fingerprint density at radius 3 is 2.17 bits per heavy atom. The molecular formula is C14H22O3S. The fourth-order valence-electron chi connectivity index (χ4n) is 1.31. The van der Waals surface area contributed by atoms with E-state index >= 15 is 0 Å². The van der Waals surface area contributed by atoms with Crippen LogP contribution in [0.25, 0.3) is 0 Å². The van der Waals surface area contributed by atoms with Gasteiger partial charge in [-0.1, -0.05) is 13.8 Å². The lowest BCUT2D eigenvalue weighted by molar-refractivity contribution is 0.299. The van der Waals surface area contributed by atoms with Crippen LogP contribution in [0.4, 0.5) is 0 Å². The molecule has 1 N–H and O–H groups in total. The van der Waals surface area contributed by atoms with Crippen molar-refractivity contribution in [2.24, 2.45) is 0 Å². The summed E-state index contributed by atoms with van der Waals surface area (Å²) in [7, 11) is 0. The third-order valence-electron chi connectivity index (χ3n) is 2.31. The van der Waals surface area contributed by atoms with Gasteiger partial charge in [0.05, 0.1) is 19.8 Å². The molecule has 1 atom stereocenters. The van der Waals surface area contributed by atoms with E-state index in [0.29, 0.717) is 6.61 Å². The summed E-state index contributed by atoms with van der Waals surface area (Å²) >= 11 is 1.71. The molecule has 0 saturated heterocycles. The minimum atomic E-state index is 0.216. The van der Waals surface area contributed by atoms with Crippen molar-refractivity contribution in [3.63, 3.8) is 0 Å². The topological polar surface area (TPSA) is 38.7 Å². The van der Waals surface area contributed by atoms with Gasteiger partial charge in [-0.3, -0.25) is 0 Å². The van der Waals surface area contributed by atoms with Crippen LogP contribution in [0.5, 0.6) is 11.5 Å². The molecule has 0 spiro atoms. The number of thioether (sulfide) groups is 1. The Hall–Kier alpha value is -0.870. The summed E-state index contributed by atoms with van der Waals surface area (Å²) in [5.74, 6) is 2.62. The zero-order valence-corrected chi connectivity index (χ0v) is 11.9. The van der Waals surface area contributed by atoms with Crippen molar-refractivity contribution in [3.8, 4) is 11.5 Å². The van der Waals surface area contributed by atoms with E-state index in [9.17, 15) is 0 Å². The molecule has 4 heteroatoms. The van der Waals surface area contributed by atoms with Crippen LogP contribution >= 0.6 is 11.8 Å². The third kappa shape index (κ3) is 6.17. The van der Waals surface area contributed by atoms with Gasteiger partial charge in [-0.25, -0.2) is 0 Å². The van der Waals surface area contributed by atoms with Crippen molar-refractivity contribution in [2.45, 2.75) is 25.5 Å². The van der Waals surface area contributed by atoms with Crippen molar-refractivity contribution in [1.29, 1.82) is 0 Å². The molecule has 0 bridgehead atoms. The zero-order chi connectivity index (χ0) is 13.2. The first-order valence-electron chi connectivity index (χ1n) is 6.34.